The number of ketones is 2. The Morgan fingerprint density at radius 1 is 1.00 bits per heavy atom. The first-order chi connectivity index (χ1) is 7.49. The number of hydrogen-bond donors (Lipinski definition) is 0. The number of carbonyl (C=O) groups excluding carboxylic acids is 2. The maximum Gasteiger partial charge on any atom is 0.225 e. The molecule has 1 aliphatic carbocycles. The van der Waals surface area contributed by atoms with Crippen LogP contribution in [0.1, 0.15) is 53.0 Å². The number of hydrogen-bond acceptors (Lipinski definition) is 3. The number of fused-ring (bicyclic) bond motifs is 1. The van der Waals surface area contributed by atoms with Crippen molar-refractivity contribution in [2.24, 2.45) is 0 Å². The van der Waals surface area contributed by atoms with Gasteiger partial charge in [0.1, 0.15) is 5.76 Å². The molecular formula is C13H14O3. The summed E-state index contributed by atoms with van der Waals surface area (Å²) in [6, 6.07) is 0. The molecule has 0 radical (unpaired) electrons. The van der Waals surface area contributed by atoms with E-state index in [2.05, 4.69) is 0 Å². The summed E-state index contributed by atoms with van der Waals surface area (Å²) in [6.07, 6.45) is 0.692. The van der Waals surface area contributed by atoms with Crippen LogP contribution in [-0.4, -0.2) is 11.6 Å². The Bertz CT molecular complexity index is 530. The van der Waals surface area contributed by atoms with Crippen LogP contribution in [0.5, 0.6) is 0 Å². The van der Waals surface area contributed by atoms with Crippen LogP contribution in [0, 0.1) is 6.92 Å². The van der Waals surface area contributed by atoms with E-state index in [0.29, 0.717) is 23.1 Å². The highest BCUT2D eigenvalue weighted by Crippen LogP contribution is 2.32. The van der Waals surface area contributed by atoms with Gasteiger partial charge in [-0.15, -0.1) is 0 Å². The van der Waals surface area contributed by atoms with Crippen molar-refractivity contribution in [1.82, 2.24) is 0 Å². The van der Waals surface area contributed by atoms with E-state index < -0.39 is 0 Å². The minimum Gasteiger partial charge on any atom is -0.457 e. The van der Waals surface area contributed by atoms with E-state index in [1.54, 1.807) is 13.8 Å². The van der Waals surface area contributed by atoms with Crippen molar-refractivity contribution in [2.45, 2.75) is 34.1 Å². The van der Waals surface area contributed by atoms with E-state index in [9.17, 15) is 9.59 Å². The lowest BCUT2D eigenvalue weighted by molar-refractivity contribution is 0.0955. The highest BCUT2D eigenvalue weighted by molar-refractivity contribution is 6.26. The van der Waals surface area contributed by atoms with Crippen molar-refractivity contribution < 1.29 is 14.0 Å². The van der Waals surface area contributed by atoms with Crippen LogP contribution >= 0.6 is 0 Å². The molecule has 1 heterocycles. The SMILES string of the molecule is CCc1oc2c(c1C)C(=O)C(C)=C(C)C2=O. The highest BCUT2D eigenvalue weighted by atomic mass is 16.3. The van der Waals surface area contributed by atoms with Crippen LogP contribution < -0.4 is 0 Å². The molecule has 2 rings (SSSR count). The van der Waals surface area contributed by atoms with Crippen molar-refractivity contribution in [3.8, 4) is 0 Å². The van der Waals surface area contributed by atoms with Gasteiger partial charge in [-0.2, -0.15) is 0 Å². The lowest BCUT2D eigenvalue weighted by Gasteiger charge is -2.11. The van der Waals surface area contributed by atoms with Gasteiger partial charge < -0.3 is 4.42 Å². The van der Waals surface area contributed by atoms with E-state index in [0.717, 1.165) is 11.3 Å². The van der Waals surface area contributed by atoms with Gasteiger partial charge in [0, 0.05) is 23.1 Å². The standard InChI is InChI=1S/C13H14O3/c1-5-9-8(4)10-11(14)6(2)7(3)12(15)13(10)16-9/h5H2,1-4H3. The molecule has 1 aliphatic rings. The summed E-state index contributed by atoms with van der Waals surface area (Å²) in [7, 11) is 0. The Morgan fingerprint density at radius 3 is 2.12 bits per heavy atom. The van der Waals surface area contributed by atoms with Crippen molar-refractivity contribution in [2.75, 3.05) is 0 Å². The first kappa shape index (κ1) is 10.9. The summed E-state index contributed by atoms with van der Waals surface area (Å²) < 4.78 is 5.48. The molecule has 16 heavy (non-hydrogen) atoms. The van der Waals surface area contributed by atoms with E-state index in [1.807, 2.05) is 13.8 Å². The van der Waals surface area contributed by atoms with Crippen LogP contribution in [0.25, 0.3) is 0 Å². The smallest absolute Gasteiger partial charge is 0.225 e. The molecule has 84 valence electrons. The third-order valence-corrected chi connectivity index (χ3v) is 3.24. The zero-order valence-corrected chi connectivity index (χ0v) is 9.93. The van der Waals surface area contributed by atoms with Gasteiger partial charge in [-0.3, -0.25) is 9.59 Å². The summed E-state index contributed by atoms with van der Waals surface area (Å²) in [5.74, 6) is 0.722. The minimum absolute atomic E-state index is 0.0759. The average molecular weight is 218 g/mol. The predicted octanol–water partition coefficient (Wildman–Crippen LogP) is 2.87. The van der Waals surface area contributed by atoms with Gasteiger partial charge in [0.2, 0.25) is 5.78 Å². The third kappa shape index (κ3) is 1.21. The zero-order chi connectivity index (χ0) is 12.0. The maximum atomic E-state index is 12.1. The third-order valence-electron chi connectivity index (χ3n) is 3.24. The summed E-state index contributed by atoms with van der Waals surface area (Å²) in [5, 5.41) is 0. The number of carbonyl (C=O) groups is 2. The fourth-order valence-corrected chi connectivity index (χ4v) is 2.03. The molecule has 0 N–H and O–H groups in total. The van der Waals surface area contributed by atoms with Gasteiger partial charge >= 0.3 is 0 Å². The van der Waals surface area contributed by atoms with E-state index in [1.165, 1.54) is 0 Å². The zero-order valence-electron chi connectivity index (χ0n) is 9.93. The van der Waals surface area contributed by atoms with Crippen LogP contribution in [0.2, 0.25) is 0 Å². The molecule has 3 nitrogen and oxygen atoms in total. The van der Waals surface area contributed by atoms with Gasteiger partial charge in [-0.05, 0) is 20.8 Å². The molecule has 0 unspecified atom stereocenters. The van der Waals surface area contributed by atoms with E-state index >= 15 is 0 Å². The second-order valence-electron chi connectivity index (χ2n) is 4.12. The molecule has 3 heteroatoms. The summed E-state index contributed by atoms with van der Waals surface area (Å²) in [6.45, 7) is 7.14. The second-order valence-corrected chi connectivity index (χ2v) is 4.12. The molecule has 0 amide bonds. The summed E-state index contributed by atoms with van der Waals surface area (Å²) >= 11 is 0. The number of rotatable bonds is 1. The molecule has 0 saturated carbocycles. The van der Waals surface area contributed by atoms with Crippen LogP contribution in [-0.2, 0) is 6.42 Å². The molecule has 0 saturated heterocycles. The minimum atomic E-state index is -0.157. The van der Waals surface area contributed by atoms with Crippen molar-refractivity contribution >= 4 is 11.6 Å². The van der Waals surface area contributed by atoms with Crippen LogP contribution in [0.3, 0.4) is 0 Å². The van der Waals surface area contributed by atoms with Gasteiger partial charge in [-0.1, -0.05) is 6.92 Å². The van der Waals surface area contributed by atoms with Crippen molar-refractivity contribution in [1.29, 1.82) is 0 Å². The monoisotopic (exact) mass is 218 g/mol. The molecule has 0 aromatic carbocycles. The first-order valence-electron chi connectivity index (χ1n) is 5.38. The van der Waals surface area contributed by atoms with Crippen molar-refractivity contribution in [3.63, 3.8) is 0 Å². The van der Waals surface area contributed by atoms with Gasteiger partial charge in [0.25, 0.3) is 0 Å². The quantitative estimate of drug-likeness (QED) is 0.728. The second kappa shape index (κ2) is 3.44. The fourth-order valence-electron chi connectivity index (χ4n) is 2.03. The molecule has 0 atom stereocenters. The normalized spacial score (nSPS) is 15.8. The maximum absolute atomic E-state index is 12.1. The Hall–Kier alpha value is -1.64. The van der Waals surface area contributed by atoms with Crippen LogP contribution in [0.15, 0.2) is 15.6 Å². The molecule has 0 aliphatic heterocycles. The Labute approximate surface area is 94.1 Å². The molecule has 0 spiro atoms. The van der Waals surface area contributed by atoms with Crippen LogP contribution in [0.4, 0.5) is 0 Å². The Morgan fingerprint density at radius 2 is 1.56 bits per heavy atom. The lowest BCUT2D eigenvalue weighted by atomic mass is 9.88. The van der Waals surface area contributed by atoms with Gasteiger partial charge in [0.15, 0.2) is 11.5 Å². The molecular weight excluding hydrogens is 204 g/mol. The Balaban J connectivity index is 2.73. The van der Waals surface area contributed by atoms with Crippen molar-refractivity contribution in [3.05, 3.63) is 33.8 Å². The number of furan rings is 1. The summed E-state index contributed by atoms with van der Waals surface area (Å²) in [4.78, 5) is 24.0. The van der Waals surface area contributed by atoms with Gasteiger partial charge in [0.05, 0.1) is 5.56 Å². The number of allylic oxidation sites excluding steroid dienone is 2. The van der Waals surface area contributed by atoms with Gasteiger partial charge in [-0.25, -0.2) is 0 Å². The topological polar surface area (TPSA) is 47.3 Å². The highest BCUT2D eigenvalue weighted by Gasteiger charge is 2.33. The van der Waals surface area contributed by atoms with E-state index in [-0.39, 0.29) is 17.3 Å². The average Bonchev–Trinajstić information content (AvgIpc) is 2.61. The lowest BCUT2D eigenvalue weighted by Crippen LogP contribution is -2.18. The summed E-state index contributed by atoms with van der Waals surface area (Å²) in [5.41, 5.74) is 2.30. The molecule has 1 aromatic heterocycles. The number of aryl methyl sites for hydroxylation is 1. The number of Topliss-reactive ketones (excluding diaryl/α,β-unsaturated/α-hetero) is 2. The molecule has 0 fully saturated rings. The molecule has 0 bridgehead atoms. The molecule has 1 aromatic rings. The fraction of sp³-hybridized carbons (Fsp3) is 0.385. The largest absolute Gasteiger partial charge is 0.457 e. The first-order valence-corrected chi connectivity index (χ1v) is 5.38. The van der Waals surface area contributed by atoms with E-state index in [4.69, 9.17) is 4.42 Å². The Kier molecular flexibility index (Phi) is 2.34. The predicted molar refractivity (Wildman–Crippen MR) is 59.9 cm³/mol.